The number of rotatable bonds is 2. The van der Waals surface area contributed by atoms with Crippen LogP contribution in [0.15, 0.2) is 22.3 Å². The molecule has 4 heteroatoms. The predicted octanol–water partition coefficient (Wildman–Crippen LogP) is 4.11. The minimum Gasteiger partial charge on any atom is -0.466 e. The topological polar surface area (TPSA) is 59.7 Å². The van der Waals surface area contributed by atoms with Crippen molar-refractivity contribution in [2.45, 2.75) is 66.1 Å². The molecule has 1 saturated carbocycles. The summed E-state index contributed by atoms with van der Waals surface area (Å²) in [6.07, 6.45) is 5.19. The summed E-state index contributed by atoms with van der Waals surface area (Å²) < 4.78 is 11.3. The SMILES string of the molecule is C/C=C(\C)C(=O)O[C@H]1C[C@@H]2[C@@H](O)c3occ(C)c3C[C@]2(C)[C@@H](C)C1. The Morgan fingerprint density at radius 2 is 2.17 bits per heavy atom. The maximum atomic E-state index is 12.1. The predicted molar refractivity (Wildman–Crippen MR) is 91.4 cm³/mol. The highest BCUT2D eigenvalue weighted by molar-refractivity contribution is 5.87. The number of aliphatic hydroxyl groups is 1. The Labute approximate surface area is 143 Å². The molecule has 1 aromatic rings. The quantitative estimate of drug-likeness (QED) is 0.654. The van der Waals surface area contributed by atoms with Crippen LogP contribution in [-0.2, 0) is 16.0 Å². The van der Waals surface area contributed by atoms with Gasteiger partial charge in [0, 0.05) is 11.5 Å². The van der Waals surface area contributed by atoms with Crippen LogP contribution >= 0.6 is 0 Å². The van der Waals surface area contributed by atoms with E-state index in [4.69, 9.17) is 9.15 Å². The van der Waals surface area contributed by atoms with Crippen LogP contribution in [-0.4, -0.2) is 17.2 Å². The summed E-state index contributed by atoms with van der Waals surface area (Å²) in [6.45, 7) is 10.1. The summed E-state index contributed by atoms with van der Waals surface area (Å²) in [6, 6.07) is 0. The first-order chi connectivity index (χ1) is 11.3. The number of hydrogen-bond acceptors (Lipinski definition) is 4. The van der Waals surface area contributed by atoms with Gasteiger partial charge in [0.2, 0.25) is 0 Å². The Balaban J connectivity index is 1.85. The lowest BCUT2D eigenvalue weighted by molar-refractivity contribution is -0.156. The van der Waals surface area contributed by atoms with E-state index in [9.17, 15) is 9.90 Å². The van der Waals surface area contributed by atoms with E-state index in [1.165, 1.54) is 0 Å². The molecule has 2 aliphatic rings. The van der Waals surface area contributed by atoms with Crippen molar-refractivity contribution in [3.63, 3.8) is 0 Å². The average Bonchev–Trinajstić information content (AvgIpc) is 2.90. The molecular weight excluding hydrogens is 304 g/mol. The van der Waals surface area contributed by atoms with Crippen LogP contribution in [0.2, 0.25) is 0 Å². The van der Waals surface area contributed by atoms with Crippen molar-refractivity contribution in [1.29, 1.82) is 0 Å². The largest absolute Gasteiger partial charge is 0.466 e. The van der Waals surface area contributed by atoms with E-state index >= 15 is 0 Å². The fraction of sp³-hybridized carbons (Fsp3) is 0.650. The third-order valence-electron chi connectivity index (χ3n) is 6.48. The number of hydrogen-bond donors (Lipinski definition) is 1. The smallest absolute Gasteiger partial charge is 0.333 e. The summed E-state index contributed by atoms with van der Waals surface area (Å²) in [5.74, 6) is 0.858. The van der Waals surface area contributed by atoms with Crippen molar-refractivity contribution in [1.82, 2.24) is 0 Å². The lowest BCUT2D eigenvalue weighted by atomic mass is 9.54. The van der Waals surface area contributed by atoms with Crippen molar-refractivity contribution in [2.75, 3.05) is 0 Å². The molecule has 0 aromatic carbocycles. The van der Waals surface area contributed by atoms with Crippen LogP contribution in [0.3, 0.4) is 0 Å². The molecule has 0 unspecified atom stereocenters. The highest BCUT2D eigenvalue weighted by Gasteiger charge is 2.53. The number of fused-ring (bicyclic) bond motifs is 2. The molecule has 1 N–H and O–H groups in total. The van der Waals surface area contributed by atoms with Crippen molar-refractivity contribution < 1.29 is 19.1 Å². The maximum absolute atomic E-state index is 12.1. The molecule has 2 aliphatic carbocycles. The Bertz CT molecular complexity index is 671. The molecule has 0 bridgehead atoms. The number of esters is 1. The summed E-state index contributed by atoms with van der Waals surface area (Å²) in [5.41, 5.74) is 2.91. The maximum Gasteiger partial charge on any atom is 0.333 e. The van der Waals surface area contributed by atoms with Crippen molar-refractivity contribution in [3.05, 3.63) is 34.8 Å². The van der Waals surface area contributed by atoms with E-state index in [2.05, 4.69) is 13.8 Å². The fourth-order valence-corrected chi connectivity index (χ4v) is 4.46. The molecule has 0 saturated heterocycles. The number of aryl methyl sites for hydroxylation is 1. The third kappa shape index (κ3) is 2.61. The van der Waals surface area contributed by atoms with Gasteiger partial charge in [0.05, 0.1) is 6.26 Å². The Morgan fingerprint density at radius 1 is 1.46 bits per heavy atom. The van der Waals surface area contributed by atoms with Gasteiger partial charge in [-0.1, -0.05) is 19.9 Å². The molecule has 24 heavy (non-hydrogen) atoms. The molecule has 0 spiro atoms. The van der Waals surface area contributed by atoms with Gasteiger partial charge in [0.1, 0.15) is 18.0 Å². The fourth-order valence-electron chi connectivity index (χ4n) is 4.46. The van der Waals surface area contributed by atoms with Crippen LogP contribution in [0, 0.1) is 24.2 Å². The highest BCUT2D eigenvalue weighted by atomic mass is 16.5. The molecule has 0 aliphatic heterocycles. The van der Waals surface area contributed by atoms with Gasteiger partial charge in [-0.05, 0) is 62.5 Å². The van der Waals surface area contributed by atoms with Gasteiger partial charge in [-0.25, -0.2) is 4.79 Å². The molecule has 0 radical (unpaired) electrons. The number of aliphatic hydroxyl groups excluding tert-OH is 1. The zero-order valence-electron chi connectivity index (χ0n) is 15.3. The Kier molecular flexibility index (Phi) is 4.37. The van der Waals surface area contributed by atoms with Gasteiger partial charge >= 0.3 is 5.97 Å². The average molecular weight is 332 g/mol. The van der Waals surface area contributed by atoms with E-state index in [1.807, 2.05) is 13.8 Å². The van der Waals surface area contributed by atoms with Gasteiger partial charge in [-0.3, -0.25) is 0 Å². The lowest BCUT2D eigenvalue weighted by Gasteiger charge is -2.52. The van der Waals surface area contributed by atoms with Gasteiger partial charge in [0.15, 0.2) is 0 Å². The third-order valence-corrected chi connectivity index (χ3v) is 6.48. The molecule has 1 aromatic heterocycles. The second-order valence-electron chi connectivity index (χ2n) is 7.87. The number of ether oxygens (including phenoxy) is 1. The first-order valence-corrected chi connectivity index (χ1v) is 8.86. The van der Waals surface area contributed by atoms with Crippen LogP contribution in [0.1, 0.15) is 63.5 Å². The molecule has 3 rings (SSSR count). The normalized spacial score (nSPS) is 36.0. The van der Waals surface area contributed by atoms with Gasteiger partial charge < -0.3 is 14.3 Å². The molecular formula is C20H28O4. The van der Waals surface area contributed by atoms with Crippen LogP contribution < -0.4 is 0 Å². The second-order valence-corrected chi connectivity index (χ2v) is 7.87. The van der Waals surface area contributed by atoms with E-state index in [-0.39, 0.29) is 23.4 Å². The number of allylic oxidation sites excluding steroid dienone is 1. The van der Waals surface area contributed by atoms with E-state index in [0.717, 1.165) is 24.0 Å². The minimum absolute atomic E-state index is 0.000399. The Hall–Kier alpha value is -1.55. The van der Waals surface area contributed by atoms with Crippen LogP contribution in [0.4, 0.5) is 0 Å². The minimum atomic E-state index is -0.626. The Morgan fingerprint density at radius 3 is 2.83 bits per heavy atom. The highest BCUT2D eigenvalue weighted by Crippen LogP contribution is 2.57. The molecule has 4 nitrogen and oxygen atoms in total. The summed E-state index contributed by atoms with van der Waals surface area (Å²) in [5, 5.41) is 10.9. The molecule has 0 amide bonds. The monoisotopic (exact) mass is 332 g/mol. The first kappa shape index (κ1) is 17.3. The zero-order valence-corrected chi connectivity index (χ0v) is 15.3. The number of carbonyl (C=O) groups is 1. The summed E-state index contributed by atoms with van der Waals surface area (Å²) >= 11 is 0. The summed E-state index contributed by atoms with van der Waals surface area (Å²) in [7, 11) is 0. The van der Waals surface area contributed by atoms with Gasteiger partial charge in [-0.15, -0.1) is 0 Å². The lowest BCUT2D eigenvalue weighted by Crippen LogP contribution is -2.49. The number of carbonyl (C=O) groups excluding carboxylic acids is 1. The van der Waals surface area contributed by atoms with Crippen molar-refractivity contribution in [2.24, 2.45) is 17.3 Å². The van der Waals surface area contributed by atoms with E-state index in [0.29, 0.717) is 23.7 Å². The second kappa shape index (κ2) is 6.07. The van der Waals surface area contributed by atoms with E-state index < -0.39 is 6.10 Å². The van der Waals surface area contributed by atoms with Crippen LogP contribution in [0.5, 0.6) is 0 Å². The number of furan rings is 1. The van der Waals surface area contributed by atoms with Crippen molar-refractivity contribution >= 4 is 5.97 Å². The van der Waals surface area contributed by atoms with Gasteiger partial charge in [-0.2, -0.15) is 0 Å². The first-order valence-electron chi connectivity index (χ1n) is 8.86. The zero-order chi connectivity index (χ0) is 17.6. The standard InChI is InChI=1S/C20H28O4/c1-6-11(2)19(22)24-14-7-13(4)20(5)9-15-12(3)10-23-18(15)17(21)16(20)8-14/h6,10,13-14,16-17,21H,7-9H2,1-5H3/b11-6+/t13-,14+,16+,17+,20+/m0/s1. The summed E-state index contributed by atoms with van der Waals surface area (Å²) in [4.78, 5) is 12.1. The molecule has 1 heterocycles. The van der Waals surface area contributed by atoms with Crippen LogP contribution in [0.25, 0.3) is 0 Å². The molecule has 132 valence electrons. The van der Waals surface area contributed by atoms with Gasteiger partial charge in [0.25, 0.3) is 0 Å². The molecule has 1 fully saturated rings. The molecule has 5 atom stereocenters. The van der Waals surface area contributed by atoms with E-state index in [1.54, 1.807) is 19.3 Å². The van der Waals surface area contributed by atoms with Crippen molar-refractivity contribution in [3.8, 4) is 0 Å².